The zero-order valence-electron chi connectivity index (χ0n) is 14.7. The molecular weight excluding hydrogens is 443 g/mol. The monoisotopic (exact) mass is 462 g/mol. The predicted octanol–water partition coefficient (Wildman–Crippen LogP) is 3.95. The predicted molar refractivity (Wildman–Crippen MR) is 104 cm³/mol. The smallest absolute Gasteiger partial charge is 0.256 e. The highest BCUT2D eigenvalue weighted by Crippen LogP contribution is 2.24. The van der Waals surface area contributed by atoms with Crippen LogP contribution in [0, 0.1) is 5.82 Å². The number of amides is 1. The number of hydrogen-bond acceptors (Lipinski definition) is 4. The molecule has 0 aliphatic carbocycles. The van der Waals surface area contributed by atoms with Gasteiger partial charge >= 0.3 is 0 Å². The molecule has 0 fully saturated rings. The molecular formula is C17H20BrFN2O3S2. The second-order valence-electron chi connectivity index (χ2n) is 5.60. The van der Waals surface area contributed by atoms with E-state index < -0.39 is 21.7 Å². The average Bonchev–Trinajstić information content (AvgIpc) is 3.00. The molecule has 0 spiro atoms. The quantitative estimate of drug-likeness (QED) is 0.625. The maximum atomic E-state index is 14.2. The number of carbonyl (C=O) groups excluding carboxylic acids is 1. The summed E-state index contributed by atoms with van der Waals surface area (Å²) >= 11 is 4.83. The fraction of sp³-hybridized carbons (Fsp3) is 0.353. The Hall–Kier alpha value is -1.29. The molecule has 0 atom stereocenters. The summed E-state index contributed by atoms with van der Waals surface area (Å²) in [5.41, 5.74) is -0.253. The Labute approximate surface area is 165 Å². The summed E-state index contributed by atoms with van der Waals surface area (Å²) in [5.74, 6) is -1.31. The summed E-state index contributed by atoms with van der Waals surface area (Å²) in [5, 5.41) is 0. The number of rotatable bonds is 7. The van der Waals surface area contributed by atoms with Crippen LogP contribution in [0.1, 0.15) is 29.1 Å². The zero-order chi connectivity index (χ0) is 19.5. The van der Waals surface area contributed by atoms with Gasteiger partial charge in [0.05, 0.1) is 20.8 Å². The molecule has 0 aliphatic heterocycles. The summed E-state index contributed by atoms with van der Waals surface area (Å²) in [6, 6.07) is 7.08. The number of thiophene rings is 1. The van der Waals surface area contributed by atoms with Gasteiger partial charge in [-0.15, -0.1) is 11.3 Å². The van der Waals surface area contributed by atoms with Gasteiger partial charge in [0.2, 0.25) is 10.0 Å². The van der Waals surface area contributed by atoms with E-state index in [0.717, 1.165) is 20.8 Å². The average molecular weight is 463 g/mol. The van der Waals surface area contributed by atoms with E-state index in [1.54, 1.807) is 20.9 Å². The molecule has 26 heavy (non-hydrogen) atoms. The normalized spacial score (nSPS) is 11.8. The second kappa shape index (κ2) is 8.60. The van der Waals surface area contributed by atoms with Gasteiger partial charge in [0.1, 0.15) is 5.82 Å². The fourth-order valence-electron chi connectivity index (χ4n) is 2.49. The lowest BCUT2D eigenvalue weighted by molar-refractivity contribution is 0.0781. The highest BCUT2D eigenvalue weighted by molar-refractivity contribution is 9.11. The molecule has 0 bridgehead atoms. The van der Waals surface area contributed by atoms with Crippen molar-refractivity contribution in [3.05, 3.63) is 50.4 Å². The molecule has 0 saturated heterocycles. The van der Waals surface area contributed by atoms with Gasteiger partial charge in [-0.25, -0.2) is 12.8 Å². The molecule has 0 radical (unpaired) electrons. The minimum Gasteiger partial charge on any atom is -0.336 e. The van der Waals surface area contributed by atoms with E-state index in [9.17, 15) is 17.6 Å². The standard InChI is InChI=1S/C17H20BrFN2O3S2/c1-4-21(5-2)26(23,24)13-7-8-15(19)14(10-13)17(22)20(3)11-12-6-9-16(18)25-12/h6-10H,4-5,11H2,1-3H3. The molecule has 5 nitrogen and oxygen atoms in total. The summed E-state index contributed by atoms with van der Waals surface area (Å²) in [6.45, 7) is 4.36. The Morgan fingerprint density at radius 3 is 2.38 bits per heavy atom. The van der Waals surface area contributed by atoms with Crippen LogP contribution in [0.3, 0.4) is 0 Å². The van der Waals surface area contributed by atoms with Gasteiger partial charge in [-0.1, -0.05) is 13.8 Å². The Kier molecular flexibility index (Phi) is 6.95. The van der Waals surface area contributed by atoms with Crippen LogP contribution in [-0.2, 0) is 16.6 Å². The number of benzene rings is 1. The summed E-state index contributed by atoms with van der Waals surface area (Å²) in [4.78, 5) is 14.8. The lowest BCUT2D eigenvalue weighted by atomic mass is 10.2. The van der Waals surface area contributed by atoms with Crippen LogP contribution in [0.4, 0.5) is 4.39 Å². The molecule has 0 saturated carbocycles. The summed E-state index contributed by atoms with van der Waals surface area (Å²) < 4.78 is 41.7. The van der Waals surface area contributed by atoms with E-state index >= 15 is 0 Å². The number of carbonyl (C=O) groups is 1. The minimum absolute atomic E-state index is 0.0850. The van der Waals surface area contributed by atoms with Crippen LogP contribution < -0.4 is 0 Å². The first-order chi connectivity index (χ1) is 12.2. The van der Waals surface area contributed by atoms with Crippen molar-refractivity contribution in [3.63, 3.8) is 0 Å². The Bertz CT molecular complexity index is 895. The number of nitrogens with zero attached hydrogens (tertiary/aromatic N) is 2. The maximum absolute atomic E-state index is 14.2. The molecule has 2 aromatic rings. The van der Waals surface area contributed by atoms with Crippen LogP contribution in [0.2, 0.25) is 0 Å². The topological polar surface area (TPSA) is 57.7 Å². The minimum atomic E-state index is -3.76. The van der Waals surface area contributed by atoms with Gasteiger partial charge in [0.25, 0.3) is 5.91 Å². The summed E-state index contributed by atoms with van der Waals surface area (Å²) in [6.07, 6.45) is 0. The van der Waals surface area contributed by atoms with Crippen LogP contribution in [0.15, 0.2) is 39.0 Å². The van der Waals surface area contributed by atoms with Gasteiger partial charge in [-0.05, 0) is 46.3 Å². The third-order valence-electron chi connectivity index (χ3n) is 3.88. The van der Waals surface area contributed by atoms with Crippen molar-refractivity contribution in [2.24, 2.45) is 0 Å². The maximum Gasteiger partial charge on any atom is 0.256 e. The van der Waals surface area contributed by atoms with Crippen molar-refractivity contribution in [1.29, 1.82) is 0 Å². The van der Waals surface area contributed by atoms with E-state index in [1.807, 2.05) is 12.1 Å². The van der Waals surface area contributed by atoms with Crippen LogP contribution in [-0.4, -0.2) is 43.7 Å². The molecule has 1 aromatic heterocycles. The first-order valence-electron chi connectivity index (χ1n) is 8.00. The van der Waals surface area contributed by atoms with Crippen LogP contribution in [0.25, 0.3) is 0 Å². The van der Waals surface area contributed by atoms with Crippen molar-refractivity contribution in [3.8, 4) is 0 Å². The largest absolute Gasteiger partial charge is 0.336 e. The Morgan fingerprint density at radius 1 is 1.19 bits per heavy atom. The molecule has 9 heteroatoms. The third-order valence-corrected chi connectivity index (χ3v) is 7.53. The third kappa shape index (κ3) is 4.51. The SMILES string of the molecule is CCN(CC)S(=O)(=O)c1ccc(F)c(C(=O)N(C)Cc2ccc(Br)s2)c1. The van der Waals surface area contributed by atoms with E-state index in [-0.39, 0.29) is 10.5 Å². The van der Waals surface area contributed by atoms with Gasteiger partial charge < -0.3 is 4.90 Å². The first-order valence-corrected chi connectivity index (χ1v) is 11.0. The van der Waals surface area contributed by atoms with Crippen LogP contribution >= 0.6 is 27.3 Å². The van der Waals surface area contributed by atoms with Crippen molar-refractivity contribution in [2.75, 3.05) is 20.1 Å². The van der Waals surface area contributed by atoms with Crippen LogP contribution in [0.5, 0.6) is 0 Å². The van der Waals surface area contributed by atoms with E-state index in [2.05, 4.69) is 15.9 Å². The molecule has 1 amide bonds. The van der Waals surface area contributed by atoms with Crippen molar-refractivity contribution in [1.82, 2.24) is 9.21 Å². The van der Waals surface area contributed by atoms with Gasteiger partial charge in [-0.3, -0.25) is 4.79 Å². The lowest BCUT2D eigenvalue weighted by Gasteiger charge is -2.20. The summed E-state index contributed by atoms with van der Waals surface area (Å²) in [7, 11) is -2.21. The molecule has 0 N–H and O–H groups in total. The molecule has 0 aliphatic rings. The molecule has 142 valence electrons. The van der Waals surface area contributed by atoms with Gasteiger partial charge in [0.15, 0.2) is 0 Å². The highest BCUT2D eigenvalue weighted by Gasteiger charge is 2.25. The number of sulfonamides is 1. The molecule has 2 rings (SSSR count). The van der Waals surface area contributed by atoms with Crippen molar-refractivity contribution in [2.45, 2.75) is 25.3 Å². The second-order valence-corrected chi connectivity index (χ2v) is 10.1. The zero-order valence-corrected chi connectivity index (χ0v) is 17.9. The Morgan fingerprint density at radius 2 is 1.85 bits per heavy atom. The fourth-order valence-corrected chi connectivity index (χ4v) is 5.51. The van der Waals surface area contributed by atoms with E-state index in [1.165, 1.54) is 26.6 Å². The lowest BCUT2D eigenvalue weighted by Crippen LogP contribution is -2.31. The van der Waals surface area contributed by atoms with E-state index in [4.69, 9.17) is 0 Å². The molecule has 1 heterocycles. The highest BCUT2D eigenvalue weighted by atomic mass is 79.9. The number of halogens is 2. The Balaban J connectivity index is 2.32. The molecule has 1 aromatic carbocycles. The van der Waals surface area contributed by atoms with Gasteiger partial charge in [0, 0.05) is 25.0 Å². The molecule has 0 unspecified atom stereocenters. The number of hydrogen-bond donors (Lipinski definition) is 0. The first kappa shape index (κ1) is 21.0. The van der Waals surface area contributed by atoms with Crippen molar-refractivity contribution >= 4 is 43.2 Å². The van der Waals surface area contributed by atoms with E-state index in [0.29, 0.717) is 19.6 Å². The van der Waals surface area contributed by atoms with Crippen molar-refractivity contribution < 1.29 is 17.6 Å². The van der Waals surface area contributed by atoms with Gasteiger partial charge in [-0.2, -0.15) is 4.31 Å².